The fourth-order valence-electron chi connectivity index (χ4n) is 2.67. The van der Waals surface area contributed by atoms with E-state index in [-0.39, 0.29) is 11.2 Å². The zero-order valence-electron chi connectivity index (χ0n) is 12.8. The van der Waals surface area contributed by atoms with Crippen molar-refractivity contribution in [2.45, 2.75) is 20.4 Å². The molecule has 0 bridgehead atoms. The number of aromatic nitrogens is 2. The first kappa shape index (κ1) is 14.9. The molecule has 0 atom stereocenters. The van der Waals surface area contributed by atoms with Crippen LogP contribution in [0.1, 0.15) is 12.6 Å². The van der Waals surface area contributed by atoms with Gasteiger partial charge in [0.25, 0.3) is 11.2 Å². The van der Waals surface area contributed by atoms with Crippen molar-refractivity contribution < 1.29 is 4.92 Å². The Labute approximate surface area is 132 Å². The molecule has 2 aromatic heterocycles. The second-order valence-corrected chi connectivity index (χ2v) is 5.27. The van der Waals surface area contributed by atoms with Gasteiger partial charge in [-0.2, -0.15) is 0 Å². The highest BCUT2D eigenvalue weighted by Crippen LogP contribution is 2.29. The van der Waals surface area contributed by atoms with Crippen LogP contribution in [0.5, 0.6) is 0 Å². The molecule has 6 heteroatoms. The number of nitrogens with zero attached hydrogens (tertiary/aromatic N) is 3. The average Bonchev–Trinajstić information content (AvgIpc) is 2.54. The first-order chi connectivity index (χ1) is 11.0. The monoisotopic (exact) mass is 309 g/mol. The van der Waals surface area contributed by atoms with E-state index >= 15 is 0 Å². The Kier molecular flexibility index (Phi) is 3.65. The molecular formula is C17H15N3O3. The van der Waals surface area contributed by atoms with E-state index in [1.165, 1.54) is 18.2 Å². The molecule has 6 nitrogen and oxygen atoms in total. The van der Waals surface area contributed by atoms with Crippen molar-refractivity contribution in [3.63, 3.8) is 0 Å². The van der Waals surface area contributed by atoms with Gasteiger partial charge in [-0.1, -0.05) is 12.1 Å². The summed E-state index contributed by atoms with van der Waals surface area (Å²) in [5.74, 6) is 0. The molecule has 0 N–H and O–H groups in total. The van der Waals surface area contributed by atoms with Crippen LogP contribution >= 0.6 is 0 Å². The van der Waals surface area contributed by atoms with Crippen LogP contribution in [0.4, 0.5) is 5.69 Å². The van der Waals surface area contributed by atoms with Gasteiger partial charge in [-0.3, -0.25) is 19.5 Å². The third kappa shape index (κ3) is 2.59. The van der Waals surface area contributed by atoms with Crippen molar-refractivity contribution in [1.29, 1.82) is 0 Å². The molecule has 0 saturated carbocycles. The SMILES string of the molecule is CCn1c(=O)cc(-c2cccc([N+](=O)[O-])c2)c2ccc(C)nc21. The molecule has 0 fully saturated rings. The molecule has 0 saturated heterocycles. The molecule has 0 radical (unpaired) electrons. The van der Waals surface area contributed by atoms with Crippen molar-refractivity contribution in [2.75, 3.05) is 0 Å². The van der Waals surface area contributed by atoms with E-state index in [2.05, 4.69) is 4.98 Å². The molecule has 0 aliphatic heterocycles. The minimum absolute atomic E-state index is 0.00427. The third-order valence-corrected chi connectivity index (χ3v) is 3.78. The maximum absolute atomic E-state index is 12.4. The number of fused-ring (bicyclic) bond motifs is 1. The lowest BCUT2D eigenvalue weighted by Crippen LogP contribution is -2.20. The Bertz CT molecular complexity index is 976. The Balaban J connectivity index is 2.37. The Morgan fingerprint density at radius 1 is 1.22 bits per heavy atom. The molecule has 0 spiro atoms. The van der Waals surface area contributed by atoms with Crippen LogP contribution in [-0.2, 0) is 6.54 Å². The molecule has 0 unspecified atom stereocenters. The number of pyridine rings is 2. The molecule has 0 aliphatic carbocycles. The Morgan fingerprint density at radius 2 is 2.00 bits per heavy atom. The summed E-state index contributed by atoms with van der Waals surface area (Å²) in [6.45, 7) is 4.27. The van der Waals surface area contributed by atoms with Gasteiger partial charge in [0.05, 0.1) is 4.92 Å². The normalized spacial score (nSPS) is 10.9. The minimum Gasteiger partial charge on any atom is -0.293 e. The second kappa shape index (κ2) is 5.64. The van der Waals surface area contributed by atoms with Crippen molar-refractivity contribution in [2.24, 2.45) is 0 Å². The van der Waals surface area contributed by atoms with Crippen LogP contribution in [0.25, 0.3) is 22.2 Å². The van der Waals surface area contributed by atoms with E-state index in [1.54, 1.807) is 16.7 Å². The molecule has 116 valence electrons. The lowest BCUT2D eigenvalue weighted by molar-refractivity contribution is -0.384. The largest absolute Gasteiger partial charge is 0.293 e. The summed E-state index contributed by atoms with van der Waals surface area (Å²) < 4.78 is 1.60. The van der Waals surface area contributed by atoms with Crippen molar-refractivity contribution in [3.05, 3.63) is 68.6 Å². The van der Waals surface area contributed by atoms with Gasteiger partial charge in [-0.25, -0.2) is 4.98 Å². The van der Waals surface area contributed by atoms with Crippen LogP contribution in [0.15, 0.2) is 47.3 Å². The first-order valence-electron chi connectivity index (χ1n) is 7.27. The fourth-order valence-corrected chi connectivity index (χ4v) is 2.67. The predicted octanol–water partition coefficient (Wildman–Crippen LogP) is 3.30. The smallest absolute Gasteiger partial charge is 0.270 e. The van der Waals surface area contributed by atoms with Gasteiger partial charge in [-0.05, 0) is 37.1 Å². The summed E-state index contributed by atoms with van der Waals surface area (Å²) in [7, 11) is 0. The van der Waals surface area contributed by atoms with E-state index in [9.17, 15) is 14.9 Å². The number of nitro benzene ring substituents is 1. The highest BCUT2D eigenvalue weighted by Gasteiger charge is 2.13. The van der Waals surface area contributed by atoms with Crippen molar-refractivity contribution in [3.8, 4) is 11.1 Å². The van der Waals surface area contributed by atoms with E-state index in [1.807, 2.05) is 26.0 Å². The van der Waals surface area contributed by atoms with Crippen molar-refractivity contribution >= 4 is 16.7 Å². The van der Waals surface area contributed by atoms with Crippen LogP contribution in [-0.4, -0.2) is 14.5 Å². The highest BCUT2D eigenvalue weighted by molar-refractivity contribution is 5.93. The number of aryl methyl sites for hydroxylation is 2. The molecule has 0 amide bonds. The zero-order chi connectivity index (χ0) is 16.6. The van der Waals surface area contributed by atoms with E-state index < -0.39 is 4.92 Å². The van der Waals surface area contributed by atoms with Crippen LogP contribution in [0.3, 0.4) is 0 Å². The molecule has 23 heavy (non-hydrogen) atoms. The summed E-state index contributed by atoms with van der Waals surface area (Å²) in [6, 6.07) is 11.6. The van der Waals surface area contributed by atoms with E-state index in [0.717, 1.165) is 11.1 Å². The maximum atomic E-state index is 12.4. The van der Waals surface area contributed by atoms with Crippen molar-refractivity contribution in [1.82, 2.24) is 9.55 Å². The molecule has 1 aromatic carbocycles. The first-order valence-corrected chi connectivity index (χ1v) is 7.27. The number of rotatable bonds is 3. The molecule has 2 heterocycles. The van der Waals surface area contributed by atoms with Gasteiger partial charge in [0.2, 0.25) is 0 Å². The number of benzene rings is 1. The maximum Gasteiger partial charge on any atom is 0.270 e. The van der Waals surface area contributed by atoms with Gasteiger partial charge >= 0.3 is 0 Å². The zero-order valence-corrected chi connectivity index (χ0v) is 12.8. The number of hydrogen-bond donors (Lipinski definition) is 0. The fraction of sp³-hybridized carbons (Fsp3) is 0.176. The second-order valence-electron chi connectivity index (χ2n) is 5.27. The standard InChI is InChI=1S/C17H15N3O3/c1-3-19-16(21)10-15(14-8-7-11(2)18-17(14)19)12-5-4-6-13(9-12)20(22)23/h4-10H,3H2,1-2H3. The van der Waals surface area contributed by atoms with Gasteiger partial charge in [0.15, 0.2) is 0 Å². The summed E-state index contributed by atoms with van der Waals surface area (Å²) in [5.41, 5.74) is 2.54. The molecule has 3 aromatic rings. The molecule has 0 aliphatic rings. The van der Waals surface area contributed by atoms with Gasteiger partial charge in [0, 0.05) is 35.8 Å². The Hall–Kier alpha value is -3.02. The number of hydrogen-bond acceptors (Lipinski definition) is 4. The minimum atomic E-state index is -0.443. The van der Waals surface area contributed by atoms with Gasteiger partial charge in [0.1, 0.15) is 5.65 Å². The highest BCUT2D eigenvalue weighted by atomic mass is 16.6. The topological polar surface area (TPSA) is 78.0 Å². The number of non-ortho nitro benzene ring substituents is 1. The van der Waals surface area contributed by atoms with E-state index in [0.29, 0.717) is 23.3 Å². The lowest BCUT2D eigenvalue weighted by Gasteiger charge is -2.12. The van der Waals surface area contributed by atoms with Gasteiger partial charge in [-0.15, -0.1) is 0 Å². The summed E-state index contributed by atoms with van der Waals surface area (Å²) >= 11 is 0. The van der Waals surface area contributed by atoms with E-state index in [4.69, 9.17) is 0 Å². The lowest BCUT2D eigenvalue weighted by atomic mass is 10.0. The van der Waals surface area contributed by atoms with Crippen LogP contribution in [0, 0.1) is 17.0 Å². The molecular weight excluding hydrogens is 294 g/mol. The average molecular weight is 309 g/mol. The Morgan fingerprint density at radius 3 is 2.70 bits per heavy atom. The summed E-state index contributed by atoms with van der Waals surface area (Å²) in [4.78, 5) is 27.4. The predicted molar refractivity (Wildman–Crippen MR) is 88.5 cm³/mol. The quantitative estimate of drug-likeness (QED) is 0.549. The summed E-state index contributed by atoms with van der Waals surface area (Å²) in [6.07, 6.45) is 0. The third-order valence-electron chi connectivity index (χ3n) is 3.78. The van der Waals surface area contributed by atoms with Crippen LogP contribution < -0.4 is 5.56 Å². The number of nitro groups is 1. The van der Waals surface area contributed by atoms with Crippen LogP contribution in [0.2, 0.25) is 0 Å². The molecule has 3 rings (SSSR count). The summed E-state index contributed by atoms with van der Waals surface area (Å²) in [5, 5.41) is 11.8. The van der Waals surface area contributed by atoms with Gasteiger partial charge < -0.3 is 0 Å².